The summed E-state index contributed by atoms with van der Waals surface area (Å²) >= 11 is 0. The fourth-order valence-corrected chi connectivity index (χ4v) is 1.23. The fraction of sp³-hybridized carbons (Fsp3) is 0.455. The first-order chi connectivity index (χ1) is 7.43. The van der Waals surface area contributed by atoms with Crippen molar-refractivity contribution in [1.29, 1.82) is 0 Å². The summed E-state index contributed by atoms with van der Waals surface area (Å²) in [5.74, 6) is 0.243. The quantitative estimate of drug-likeness (QED) is 0.761. The van der Waals surface area contributed by atoms with Crippen LogP contribution < -0.4 is 0 Å². The lowest BCUT2D eigenvalue weighted by molar-refractivity contribution is -0.129. The first kappa shape index (κ1) is 12.3. The minimum absolute atomic E-state index is 0.0659. The molecule has 1 heterocycles. The Morgan fingerprint density at radius 1 is 1.31 bits per heavy atom. The smallest absolute Gasteiger partial charge is 0.257 e. The molecule has 1 aromatic heterocycles. The molecule has 0 aromatic carbocycles. The summed E-state index contributed by atoms with van der Waals surface area (Å²) in [5, 5.41) is 0. The van der Waals surface area contributed by atoms with Gasteiger partial charge in [0.1, 0.15) is 5.76 Å². The van der Waals surface area contributed by atoms with Gasteiger partial charge in [-0.25, -0.2) is 0 Å². The number of likely N-dealkylation sites (N-methyl/N-ethyl adjacent to an activating group) is 2. The first-order valence-corrected chi connectivity index (χ1v) is 4.93. The van der Waals surface area contributed by atoms with E-state index >= 15 is 0 Å². The topological polar surface area (TPSA) is 53.8 Å². The van der Waals surface area contributed by atoms with Gasteiger partial charge in [-0.3, -0.25) is 9.59 Å². The van der Waals surface area contributed by atoms with Crippen LogP contribution in [0.1, 0.15) is 16.1 Å². The Morgan fingerprint density at radius 2 is 1.94 bits per heavy atom. The zero-order valence-electron chi connectivity index (χ0n) is 9.98. The third kappa shape index (κ3) is 2.62. The minimum atomic E-state index is -0.207. The number of hydrogen-bond donors (Lipinski definition) is 0. The lowest BCUT2D eigenvalue weighted by atomic mass is 10.2. The highest BCUT2D eigenvalue weighted by Gasteiger charge is 2.18. The normalized spacial score (nSPS) is 10.0. The van der Waals surface area contributed by atoms with Gasteiger partial charge >= 0.3 is 0 Å². The van der Waals surface area contributed by atoms with Gasteiger partial charge in [-0.1, -0.05) is 0 Å². The molecule has 0 unspecified atom stereocenters. The highest BCUT2D eigenvalue weighted by Crippen LogP contribution is 2.11. The number of rotatable bonds is 3. The Hall–Kier alpha value is -1.78. The molecule has 0 spiro atoms. The maximum Gasteiger partial charge on any atom is 0.257 e. The molecule has 0 aliphatic heterocycles. The second kappa shape index (κ2) is 4.83. The molecule has 0 bridgehead atoms. The van der Waals surface area contributed by atoms with Crippen LogP contribution in [0, 0.1) is 6.92 Å². The van der Waals surface area contributed by atoms with Crippen molar-refractivity contribution in [2.24, 2.45) is 0 Å². The molecule has 0 aliphatic carbocycles. The molecule has 2 amide bonds. The number of carbonyl (C=O) groups excluding carboxylic acids is 2. The Morgan fingerprint density at radius 3 is 2.38 bits per heavy atom. The third-order valence-corrected chi connectivity index (χ3v) is 2.31. The molecule has 1 rings (SSSR count). The van der Waals surface area contributed by atoms with Gasteiger partial charge in [-0.05, 0) is 13.0 Å². The van der Waals surface area contributed by atoms with Crippen LogP contribution in [-0.2, 0) is 4.79 Å². The highest BCUT2D eigenvalue weighted by atomic mass is 16.3. The van der Waals surface area contributed by atoms with Gasteiger partial charge in [0.15, 0.2) is 0 Å². The summed E-state index contributed by atoms with van der Waals surface area (Å²) in [5.41, 5.74) is 0.494. The van der Waals surface area contributed by atoms with Crippen LogP contribution in [0.25, 0.3) is 0 Å². The molecule has 0 saturated carbocycles. The van der Waals surface area contributed by atoms with E-state index < -0.39 is 0 Å². The van der Waals surface area contributed by atoms with E-state index in [4.69, 9.17) is 4.42 Å². The molecular weight excluding hydrogens is 208 g/mol. The van der Waals surface area contributed by atoms with Gasteiger partial charge in [0.25, 0.3) is 5.91 Å². The molecule has 0 radical (unpaired) electrons. The second-order valence-electron chi connectivity index (χ2n) is 3.84. The van der Waals surface area contributed by atoms with Crippen LogP contribution in [0.15, 0.2) is 16.7 Å². The SMILES string of the molecule is Cc1occc1C(=O)N(C)CC(=O)N(C)C. The van der Waals surface area contributed by atoms with E-state index in [0.717, 1.165) is 0 Å². The zero-order valence-corrected chi connectivity index (χ0v) is 9.98. The molecule has 5 nitrogen and oxygen atoms in total. The third-order valence-electron chi connectivity index (χ3n) is 2.31. The number of aryl methyl sites for hydroxylation is 1. The first-order valence-electron chi connectivity index (χ1n) is 4.93. The van der Waals surface area contributed by atoms with Crippen LogP contribution in [0.4, 0.5) is 0 Å². The molecule has 0 aliphatic rings. The molecule has 0 fully saturated rings. The largest absolute Gasteiger partial charge is 0.469 e. The molecule has 1 aromatic rings. The van der Waals surface area contributed by atoms with Crippen molar-refractivity contribution in [2.75, 3.05) is 27.7 Å². The van der Waals surface area contributed by atoms with Gasteiger partial charge < -0.3 is 14.2 Å². The number of hydrogen-bond acceptors (Lipinski definition) is 3. The van der Waals surface area contributed by atoms with Crippen LogP contribution in [0.5, 0.6) is 0 Å². The van der Waals surface area contributed by atoms with Gasteiger partial charge in [-0.2, -0.15) is 0 Å². The predicted octanol–water partition coefficient (Wildman–Crippen LogP) is 0.748. The Kier molecular flexibility index (Phi) is 3.71. The molecule has 0 atom stereocenters. The Bertz CT molecular complexity index is 396. The zero-order chi connectivity index (χ0) is 12.3. The molecule has 0 saturated heterocycles. The van der Waals surface area contributed by atoms with Crippen LogP contribution >= 0.6 is 0 Å². The minimum Gasteiger partial charge on any atom is -0.469 e. The lowest BCUT2D eigenvalue weighted by Gasteiger charge is -2.18. The summed E-state index contributed by atoms with van der Waals surface area (Å²) < 4.78 is 5.05. The second-order valence-corrected chi connectivity index (χ2v) is 3.84. The van der Waals surface area contributed by atoms with Crippen molar-refractivity contribution >= 4 is 11.8 Å². The summed E-state index contributed by atoms with van der Waals surface area (Å²) in [6, 6.07) is 1.61. The molecular formula is C11H16N2O3. The van der Waals surface area contributed by atoms with E-state index in [9.17, 15) is 9.59 Å². The summed E-state index contributed by atoms with van der Waals surface area (Å²) in [6.45, 7) is 1.78. The molecule has 5 heteroatoms. The van der Waals surface area contributed by atoms with Gasteiger partial charge in [0.2, 0.25) is 5.91 Å². The maximum atomic E-state index is 11.9. The van der Waals surface area contributed by atoms with E-state index in [1.165, 1.54) is 16.1 Å². The molecule has 88 valence electrons. The van der Waals surface area contributed by atoms with E-state index in [2.05, 4.69) is 0 Å². The standard InChI is InChI=1S/C11H16N2O3/c1-8-9(5-6-16-8)11(15)13(4)7-10(14)12(2)3/h5-6H,7H2,1-4H3. The van der Waals surface area contributed by atoms with E-state index in [1.807, 2.05) is 0 Å². The van der Waals surface area contributed by atoms with Crippen molar-refractivity contribution < 1.29 is 14.0 Å². The van der Waals surface area contributed by atoms with Crippen LogP contribution in [-0.4, -0.2) is 49.3 Å². The average molecular weight is 224 g/mol. The van der Waals surface area contributed by atoms with Crippen LogP contribution in [0.3, 0.4) is 0 Å². The van der Waals surface area contributed by atoms with E-state index in [-0.39, 0.29) is 18.4 Å². The fourth-order valence-electron chi connectivity index (χ4n) is 1.23. The lowest BCUT2D eigenvalue weighted by Crippen LogP contribution is -2.37. The summed E-state index contributed by atoms with van der Waals surface area (Å²) in [4.78, 5) is 26.1. The van der Waals surface area contributed by atoms with E-state index in [1.54, 1.807) is 34.1 Å². The predicted molar refractivity (Wildman–Crippen MR) is 59.1 cm³/mol. The molecule has 0 N–H and O–H groups in total. The highest BCUT2D eigenvalue weighted by molar-refractivity contribution is 5.97. The Labute approximate surface area is 94.6 Å². The van der Waals surface area contributed by atoms with Gasteiger partial charge in [0.05, 0.1) is 18.4 Å². The number of carbonyl (C=O) groups is 2. The van der Waals surface area contributed by atoms with Crippen molar-refractivity contribution in [3.05, 3.63) is 23.7 Å². The number of furan rings is 1. The number of nitrogens with zero attached hydrogens (tertiary/aromatic N) is 2. The monoisotopic (exact) mass is 224 g/mol. The van der Waals surface area contributed by atoms with Gasteiger partial charge in [0, 0.05) is 21.1 Å². The van der Waals surface area contributed by atoms with Crippen molar-refractivity contribution in [3.8, 4) is 0 Å². The van der Waals surface area contributed by atoms with Gasteiger partial charge in [-0.15, -0.1) is 0 Å². The number of amides is 2. The van der Waals surface area contributed by atoms with Crippen LogP contribution in [0.2, 0.25) is 0 Å². The maximum absolute atomic E-state index is 11.9. The average Bonchev–Trinajstić information content (AvgIpc) is 2.62. The van der Waals surface area contributed by atoms with Crippen molar-refractivity contribution in [3.63, 3.8) is 0 Å². The summed E-state index contributed by atoms with van der Waals surface area (Å²) in [6.07, 6.45) is 1.46. The van der Waals surface area contributed by atoms with E-state index in [0.29, 0.717) is 11.3 Å². The Balaban J connectivity index is 2.69. The summed E-state index contributed by atoms with van der Waals surface area (Å²) in [7, 11) is 4.91. The van der Waals surface area contributed by atoms with Crippen molar-refractivity contribution in [1.82, 2.24) is 9.80 Å². The van der Waals surface area contributed by atoms with Crippen molar-refractivity contribution in [2.45, 2.75) is 6.92 Å². The molecule has 16 heavy (non-hydrogen) atoms.